The van der Waals surface area contributed by atoms with E-state index in [9.17, 15) is 0 Å². The zero-order valence-corrected chi connectivity index (χ0v) is 12.9. The van der Waals surface area contributed by atoms with Gasteiger partial charge < -0.3 is 15.4 Å². The van der Waals surface area contributed by atoms with E-state index in [2.05, 4.69) is 16.8 Å². The minimum atomic E-state index is 0.105. The highest BCUT2D eigenvalue weighted by Gasteiger charge is 2.10. The summed E-state index contributed by atoms with van der Waals surface area (Å²) in [6.07, 6.45) is 1.92. The molecule has 2 rings (SSSR count). The number of benzene rings is 1. The van der Waals surface area contributed by atoms with Crippen LogP contribution in [0.4, 0.5) is 11.4 Å². The molecule has 4 heteroatoms. The number of aromatic nitrogens is 1. The van der Waals surface area contributed by atoms with E-state index in [-0.39, 0.29) is 6.10 Å². The number of nitrogen functional groups attached to an aromatic ring is 1. The van der Waals surface area contributed by atoms with Crippen molar-refractivity contribution in [3.05, 3.63) is 48.3 Å². The molecule has 0 fully saturated rings. The molecule has 0 aliphatic heterocycles. The number of ether oxygens (including phenoxy) is 1. The molecule has 21 heavy (non-hydrogen) atoms. The third kappa shape index (κ3) is 4.12. The van der Waals surface area contributed by atoms with Gasteiger partial charge in [-0.15, -0.1) is 0 Å². The van der Waals surface area contributed by atoms with Crippen molar-refractivity contribution in [2.75, 3.05) is 17.2 Å². The molecule has 0 unspecified atom stereocenters. The topological polar surface area (TPSA) is 51.4 Å². The molecule has 2 N–H and O–H groups in total. The summed E-state index contributed by atoms with van der Waals surface area (Å²) in [4.78, 5) is 6.63. The Morgan fingerprint density at radius 1 is 1.24 bits per heavy atom. The first-order valence-electron chi connectivity index (χ1n) is 7.31. The van der Waals surface area contributed by atoms with Gasteiger partial charge >= 0.3 is 0 Å². The molecule has 0 radical (unpaired) electrons. The normalized spacial score (nSPS) is 10.7. The lowest BCUT2D eigenvalue weighted by Crippen LogP contribution is -2.22. The minimum Gasteiger partial charge on any atom is -0.489 e. The first kappa shape index (κ1) is 15.2. The van der Waals surface area contributed by atoms with Gasteiger partial charge in [-0.1, -0.05) is 6.07 Å². The van der Waals surface area contributed by atoms with Crippen LogP contribution in [-0.2, 0) is 6.54 Å². The molecular formula is C17H23N3O. The van der Waals surface area contributed by atoms with Crippen LogP contribution in [0.1, 0.15) is 26.5 Å². The quantitative estimate of drug-likeness (QED) is 0.826. The Labute approximate surface area is 126 Å². The highest BCUT2D eigenvalue weighted by atomic mass is 16.5. The highest BCUT2D eigenvalue weighted by molar-refractivity contribution is 5.62. The molecule has 0 bridgehead atoms. The van der Waals surface area contributed by atoms with Crippen LogP contribution < -0.4 is 15.4 Å². The maximum absolute atomic E-state index is 5.98. The first-order chi connectivity index (χ1) is 10.1. The fourth-order valence-electron chi connectivity index (χ4n) is 2.15. The predicted molar refractivity (Wildman–Crippen MR) is 87.6 cm³/mol. The number of hydrogen-bond donors (Lipinski definition) is 1. The lowest BCUT2D eigenvalue weighted by atomic mass is 10.2. The van der Waals surface area contributed by atoms with Gasteiger partial charge in [0, 0.05) is 24.5 Å². The second-order valence-electron chi connectivity index (χ2n) is 5.22. The Balaban J connectivity index is 2.21. The molecule has 0 atom stereocenters. The zero-order chi connectivity index (χ0) is 15.2. The van der Waals surface area contributed by atoms with Crippen LogP contribution >= 0.6 is 0 Å². The van der Waals surface area contributed by atoms with Crippen molar-refractivity contribution in [2.24, 2.45) is 0 Å². The Hall–Kier alpha value is -2.23. The molecule has 1 heterocycles. The van der Waals surface area contributed by atoms with Crippen LogP contribution in [-0.4, -0.2) is 17.6 Å². The molecule has 0 amide bonds. The van der Waals surface area contributed by atoms with E-state index in [1.807, 2.05) is 56.4 Å². The second-order valence-corrected chi connectivity index (χ2v) is 5.22. The SMILES string of the molecule is CCN(Cc1ccccn1)c1ccc(N)c(OC(C)C)c1. The van der Waals surface area contributed by atoms with Gasteiger partial charge in [-0.25, -0.2) is 0 Å². The van der Waals surface area contributed by atoms with Crippen molar-refractivity contribution >= 4 is 11.4 Å². The molecule has 1 aromatic heterocycles. The number of nitrogens with zero attached hydrogens (tertiary/aromatic N) is 2. The van der Waals surface area contributed by atoms with Gasteiger partial charge in [0.1, 0.15) is 5.75 Å². The van der Waals surface area contributed by atoms with Gasteiger partial charge in [0.05, 0.1) is 24.0 Å². The van der Waals surface area contributed by atoms with Gasteiger partial charge in [0.25, 0.3) is 0 Å². The van der Waals surface area contributed by atoms with Crippen molar-refractivity contribution in [1.29, 1.82) is 0 Å². The summed E-state index contributed by atoms with van der Waals surface area (Å²) >= 11 is 0. The largest absolute Gasteiger partial charge is 0.489 e. The number of anilines is 2. The molecule has 0 saturated heterocycles. The third-order valence-electron chi connectivity index (χ3n) is 3.19. The van der Waals surface area contributed by atoms with E-state index >= 15 is 0 Å². The Morgan fingerprint density at radius 2 is 2.05 bits per heavy atom. The standard InChI is InChI=1S/C17H23N3O/c1-4-20(12-14-7-5-6-10-19-14)15-8-9-16(18)17(11-15)21-13(2)3/h5-11,13H,4,12,18H2,1-3H3. The van der Waals surface area contributed by atoms with Gasteiger partial charge in [-0.2, -0.15) is 0 Å². The lowest BCUT2D eigenvalue weighted by molar-refractivity contribution is 0.244. The van der Waals surface area contributed by atoms with Gasteiger partial charge in [0.2, 0.25) is 0 Å². The molecule has 0 spiro atoms. The smallest absolute Gasteiger partial charge is 0.144 e. The fraction of sp³-hybridized carbons (Fsp3) is 0.353. The summed E-state index contributed by atoms with van der Waals surface area (Å²) in [6, 6.07) is 11.9. The molecule has 0 aliphatic carbocycles. The molecular weight excluding hydrogens is 262 g/mol. The fourth-order valence-corrected chi connectivity index (χ4v) is 2.15. The second kappa shape index (κ2) is 6.97. The van der Waals surface area contributed by atoms with Crippen molar-refractivity contribution in [2.45, 2.75) is 33.4 Å². The van der Waals surface area contributed by atoms with Crippen LogP contribution in [0.5, 0.6) is 5.75 Å². The molecule has 2 aromatic rings. The number of pyridine rings is 1. The van der Waals surface area contributed by atoms with Crippen LogP contribution in [0.15, 0.2) is 42.6 Å². The number of hydrogen-bond acceptors (Lipinski definition) is 4. The molecule has 1 aromatic carbocycles. The van der Waals surface area contributed by atoms with Crippen LogP contribution in [0.3, 0.4) is 0 Å². The van der Waals surface area contributed by atoms with Crippen molar-refractivity contribution < 1.29 is 4.74 Å². The number of rotatable bonds is 6. The van der Waals surface area contributed by atoms with E-state index in [0.29, 0.717) is 5.69 Å². The summed E-state index contributed by atoms with van der Waals surface area (Å²) in [5.74, 6) is 0.738. The van der Waals surface area contributed by atoms with E-state index in [1.54, 1.807) is 0 Å². The Morgan fingerprint density at radius 3 is 2.67 bits per heavy atom. The van der Waals surface area contributed by atoms with Crippen LogP contribution in [0.25, 0.3) is 0 Å². The summed E-state index contributed by atoms with van der Waals surface area (Å²) in [5, 5.41) is 0. The molecule has 0 saturated carbocycles. The van der Waals surface area contributed by atoms with Crippen molar-refractivity contribution in [3.8, 4) is 5.75 Å². The van der Waals surface area contributed by atoms with Gasteiger partial charge in [0.15, 0.2) is 0 Å². The zero-order valence-electron chi connectivity index (χ0n) is 12.9. The van der Waals surface area contributed by atoms with Crippen LogP contribution in [0, 0.1) is 0 Å². The monoisotopic (exact) mass is 285 g/mol. The lowest BCUT2D eigenvalue weighted by Gasteiger charge is -2.24. The molecule has 4 nitrogen and oxygen atoms in total. The number of nitrogens with two attached hydrogens (primary N) is 1. The summed E-state index contributed by atoms with van der Waals surface area (Å²) in [5.41, 5.74) is 8.78. The van der Waals surface area contributed by atoms with E-state index in [1.165, 1.54) is 0 Å². The molecule has 112 valence electrons. The third-order valence-corrected chi connectivity index (χ3v) is 3.19. The van der Waals surface area contributed by atoms with Crippen LogP contribution in [0.2, 0.25) is 0 Å². The van der Waals surface area contributed by atoms with Crippen molar-refractivity contribution in [1.82, 2.24) is 4.98 Å². The Kier molecular flexibility index (Phi) is 5.04. The first-order valence-corrected chi connectivity index (χ1v) is 7.31. The maximum Gasteiger partial charge on any atom is 0.144 e. The van der Waals surface area contributed by atoms with E-state index in [0.717, 1.165) is 30.2 Å². The van der Waals surface area contributed by atoms with Gasteiger partial charge in [-0.05, 0) is 45.0 Å². The minimum absolute atomic E-state index is 0.105. The van der Waals surface area contributed by atoms with E-state index in [4.69, 9.17) is 10.5 Å². The predicted octanol–water partition coefficient (Wildman–Crippen LogP) is 3.48. The van der Waals surface area contributed by atoms with Crippen molar-refractivity contribution in [3.63, 3.8) is 0 Å². The maximum atomic E-state index is 5.98. The summed E-state index contributed by atoms with van der Waals surface area (Å²) < 4.78 is 5.76. The average Bonchev–Trinajstić information content (AvgIpc) is 2.48. The summed E-state index contributed by atoms with van der Waals surface area (Å²) in [6.45, 7) is 7.78. The average molecular weight is 285 g/mol. The Bertz CT molecular complexity index is 570. The summed E-state index contributed by atoms with van der Waals surface area (Å²) in [7, 11) is 0. The highest BCUT2D eigenvalue weighted by Crippen LogP contribution is 2.29. The van der Waals surface area contributed by atoms with Gasteiger partial charge in [-0.3, -0.25) is 4.98 Å². The molecule has 0 aliphatic rings. The van der Waals surface area contributed by atoms with E-state index < -0.39 is 0 Å².